The van der Waals surface area contributed by atoms with Gasteiger partial charge in [-0.05, 0) is 49.7 Å². The molecule has 0 radical (unpaired) electrons. The zero-order chi connectivity index (χ0) is 14.8. The van der Waals surface area contributed by atoms with Crippen molar-refractivity contribution < 1.29 is 5.11 Å². The average molecular weight is 276 g/mol. The van der Waals surface area contributed by atoms with Gasteiger partial charge in [0.05, 0.1) is 23.7 Å². The van der Waals surface area contributed by atoms with E-state index in [9.17, 15) is 5.11 Å². The van der Waals surface area contributed by atoms with Gasteiger partial charge in [-0.3, -0.25) is 4.98 Å². The molecule has 1 fully saturated rings. The summed E-state index contributed by atoms with van der Waals surface area (Å²) in [5, 5.41) is 9.79. The SMILES string of the molecule is CC[C@@H](O)c1ccc(N(C)C2CCC(C)(C)CC2)cn1. The first kappa shape index (κ1) is 15.3. The number of aromatic nitrogens is 1. The van der Waals surface area contributed by atoms with Crippen LogP contribution in [0.25, 0.3) is 0 Å². The molecule has 1 aliphatic carbocycles. The molecule has 1 atom stereocenters. The van der Waals surface area contributed by atoms with E-state index in [0.29, 0.717) is 17.9 Å². The summed E-state index contributed by atoms with van der Waals surface area (Å²) in [6.45, 7) is 6.70. The highest BCUT2D eigenvalue weighted by Gasteiger charge is 2.29. The van der Waals surface area contributed by atoms with E-state index in [1.807, 2.05) is 19.2 Å². The quantitative estimate of drug-likeness (QED) is 0.905. The third-order valence-electron chi connectivity index (χ3n) is 4.76. The van der Waals surface area contributed by atoms with Crippen molar-refractivity contribution in [1.29, 1.82) is 0 Å². The second kappa shape index (κ2) is 6.13. The number of hydrogen-bond acceptors (Lipinski definition) is 3. The molecule has 0 aliphatic heterocycles. The van der Waals surface area contributed by atoms with E-state index < -0.39 is 6.10 Å². The molecule has 2 rings (SSSR count). The molecule has 0 bridgehead atoms. The summed E-state index contributed by atoms with van der Waals surface area (Å²) in [5.74, 6) is 0. The monoisotopic (exact) mass is 276 g/mol. The number of hydrogen-bond donors (Lipinski definition) is 1. The lowest BCUT2D eigenvalue weighted by molar-refractivity contribution is 0.169. The first-order valence-corrected chi connectivity index (χ1v) is 7.80. The standard InChI is InChI=1S/C17H28N2O/c1-5-16(20)15-7-6-14(12-18-15)19(4)13-8-10-17(2,3)11-9-13/h6-7,12-13,16,20H,5,8-11H2,1-4H3/t16-/m1/s1. The molecule has 0 amide bonds. The number of anilines is 1. The highest BCUT2D eigenvalue weighted by molar-refractivity contribution is 5.45. The van der Waals surface area contributed by atoms with Crippen molar-refractivity contribution in [3.05, 3.63) is 24.0 Å². The van der Waals surface area contributed by atoms with Crippen LogP contribution in [0.3, 0.4) is 0 Å². The second-order valence-electron chi connectivity index (χ2n) is 6.87. The molecule has 0 aromatic carbocycles. The molecule has 3 nitrogen and oxygen atoms in total. The van der Waals surface area contributed by atoms with Crippen molar-refractivity contribution in [2.75, 3.05) is 11.9 Å². The fourth-order valence-electron chi connectivity index (χ4n) is 2.99. The lowest BCUT2D eigenvalue weighted by atomic mass is 9.75. The van der Waals surface area contributed by atoms with Gasteiger partial charge in [-0.2, -0.15) is 0 Å². The van der Waals surface area contributed by atoms with Crippen molar-refractivity contribution in [1.82, 2.24) is 4.98 Å². The minimum Gasteiger partial charge on any atom is -0.387 e. The summed E-state index contributed by atoms with van der Waals surface area (Å²) in [7, 11) is 2.16. The van der Waals surface area contributed by atoms with Crippen LogP contribution in [0.2, 0.25) is 0 Å². The molecule has 0 unspecified atom stereocenters. The van der Waals surface area contributed by atoms with Gasteiger partial charge in [-0.25, -0.2) is 0 Å². The van der Waals surface area contributed by atoms with Gasteiger partial charge in [0.2, 0.25) is 0 Å². The lowest BCUT2D eigenvalue weighted by Gasteiger charge is -2.39. The number of rotatable bonds is 4. The lowest BCUT2D eigenvalue weighted by Crippen LogP contribution is -2.37. The predicted octanol–water partition coefficient (Wildman–Crippen LogP) is 3.93. The Balaban J connectivity index is 2.01. The molecule has 1 saturated carbocycles. The number of nitrogens with zero attached hydrogens (tertiary/aromatic N) is 2. The number of pyridine rings is 1. The summed E-state index contributed by atoms with van der Waals surface area (Å²) in [6.07, 6.45) is 7.26. The van der Waals surface area contributed by atoms with Crippen LogP contribution in [-0.2, 0) is 0 Å². The minimum absolute atomic E-state index is 0.440. The Hall–Kier alpha value is -1.09. The molecule has 1 N–H and O–H groups in total. The van der Waals surface area contributed by atoms with Crippen LogP contribution in [-0.4, -0.2) is 23.2 Å². The molecule has 20 heavy (non-hydrogen) atoms. The Kier molecular flexibility index (Phi) is 4.69. The molecule has 1 aromatic rings. The Bertz CT molecular complexity index is 417. The third kappa shape index (κ3) is 3.51. The summed E-state index contributed by atoms with van der Waals surface area (Å²) < 4.78 is 0. The van der Waals surface area contributed by atoms with Crippen LogP contribution in [0.5, 0.6) is 0 Å². The third-order valence-corrected chi connectivity index (χ3v) is 4.76. The fourth-order valence-corrected chi connectivity index (χ4v) is 2.99. The Labute approximate surface area is 123 Å². The molecule has 112 valence electrons. The van der Waals surface area contributed by atoms with Crippen molar-refractivity contribution in [2.45, 2.75) is 65.0 Å². The van der Waals surface area contributed by atoms with Gasteiger partial charge >= 0.3 is 0 Å². The van der Waals surface area contributed by atoms with Gasteiger partial charge in [-0.15, -0.1) is 0 Å². The molecule has 0 spiro atoms. The molecule has 1 aromatic heterocycles. The Morgan fingerprint density at radius 2 is 2.00 bits per heavy atom. The summed E-state index contributed by atoms with van der Waals surface area (Å²) >= 11 is 0. The van der Waals surface area contributed by atoms with Crippen molar-refractivity contribution in [3.63, 3.8) is 0 Å². The van der Waals surface area contributed by atoms with E-state index in [2.05, 4.69) is 36.8 Å². The first-order chi connectivity index (χ1) is 9.43. The van der Waals surface area contributed by atoms with Gasteiger partial charge in [0.25, 0.3) is 0 Å². The smallest absolute Gasteiger partial charge is 0.0957 e. The number of aliphatic hydroxyl groups is 1. The molecular formula is C17H28N2O. The minimum atomic E-state index is -0.440. The normalized spacial score (nSPS) is 20.6. The topological polar surface area (TPSA) is 36.4 Å². The fraction of sp³-hybridized carbons (Fsp3) is 0.706. The number of aliphatic hydroxyl groups excluding tert-OH is 1. The van der Waals surface area contributed by atoms with Crippen LogP contribution in [0.1, 0.15) is 64.7 Å². The highest BCUT2D eigenvalue weighted by Crippen LogP contribution is 2.37. The average Bonchev–Trinajstić information content (AvgIpc) is 2.46. The van der Waals surface area contributed by atoms with Crippen LogP contribution in [0.4, 0.5) is 5.69 Å². The van der Waals surface area contributed by atoms with E-state index in [1.54, 1.807) is 0 Å². The highest BCUT2D eigenvalue weighted by atomic mass is 16.3. The summed E-state index contributed by atoms with van der Waals surface area (Å²) in [4.78, 5) is 6.75. The summed E-state index contributed by atoms with van der Waals surface area (Å²) in [5.41, 5.74) is 2.43. The molecule has 0 saturated heterocycles. The maximum Gasteiger partial charge on any atom is 0.0957 e. The maximum atomic E-state index is 9.79. The van der Waals surface area contributed by atoms with Gasteiger partial charge in [-0.1, -0.05) is 20.8 Å². The van der Waals surface area contributed by atoms with Crippen LogP contribution >= 0.6 is 0 Å². The maximum absolute atomic E-state index is 9.79. The van der Waals surface area contributed by atoms with E-state index >= 15 is 0 Å². The van der Waals surface area contributed by atoms with Crippen molar-refractivity contribution >= 4 is 5.69 Å². The predicted molar refractivity (Wildman–Crippen MR) is 83.9 cm³/mol. The van der Waals surface area contributed by atoms with Crippen LogP contribution < -0.4 is 4.90 Å². The van der Waals surface area contributed by atoms with E-state index in [-0.39, 0.29) is 0 Å². The van der Waals surface area contributed by atoms with Crippen LogP contribution in [0.15, 0.2) is 18.3 Å². The van der Waals surface area contributed by atoms with Crippen molar-refractivity contribution in [3.8, 4) is 0 Å². The largest absolute Gasteiger partial charge is 0.387 e. The second-order valence-corrected chi connectivity index (χ2v) is 6.87. The molecular weight excluding hydrogens is 248 g/mol. The zero-order valence-corrected chi connectivity index (χ0v) is 13.3. The molecule has 1 aliphatic rings. The van der Waals surface area contributed by atoms with E-state index in [0.717, 1.165) is 11.4 Å². The van der Waals surface area contributed by atoms with Gasteiger partial charge in [0.15, 0.2) is 0 Å². The van der Waals surface area contributed by atoms with Crippen molar-refractivity contribution in [2.24, 2.45) is 5.41 Å². The van der Waals surface area contributed by atoms with Gasteiger partial charge in [0, 0.05) is 13.1 Å². The van der Waals surface area contributed by atoms with Gasteiger partial charge in [0.1, 0.15) is 0 Å². The first-order valence-electron chi connectivity index (χ1n) is 7.80. The summed E-state index contributed by atoms with van der Waals surface area (Å²) in [6, 6.07) is 4.65. The molecule has 1 heterocycles. The van der Waals surface area contributed by atoms with Gasteiger partial charge < -0.3 is 10.0 Å². The Morgan fingerprint density at radius 3 is 2.50 bits per heavy atom. The molecule has 3 heteroatoms. The Morgan fingerprint density at radius 1 is 1.35 bits per heavy atom. The van der Waals surface area contributed by atoms with E-state index in [1.165, 1.54) is 25.7 Å². The zero-order valence-electron chi connectivity index (χ0n) is 13.3. The van der Waals surface area contributed by atoms with E-state index in [4.69, 9.17) is 0 Å². The van der Waals surface area contributed by atoms with Crippen LogP contribution in [0, 0.1) is 5.41 Å².